The first-order valence-electron chi connectivity index (χ1n) is 7.39. The minimum atomic E-state index is -0.0690. The van der Waals surface area contributed by atoms with Crippen LogP contribution < -0.4 is 14.8 Å². The van der Waals surface area contributed by atoms with Crippen molar-refractivity contribution < 1.29 is 14.3 Å². The fraction of sp³-hybridized carbons (Fsp3) is 0.278. The van der Waals surface area contributed by atoms with Gasteiger partial charge >= 0.3 is 0 Å². The Morgan fingerprint density at radius 3 is 2.43 bits per heavy atom. The van der Waals surface area contributed by atoms with Crippen molar-refractivity contribution in [2.24, 2.45) is 0 Å². The lowest BCUT2D eigenvalue weighted by molar-refractivity contribution is -0.116. The first-order chi connectivity index (χ1) is 11.1. The summed E-state index contributed by atoms with van der Waals surface area (Å²) in [4.78, 5) is 12.1. The Morgan fingerprint density at radius 1 is 1.09 bits per heavy atom. The zero-order chi connectivity index (χ0) is 16.7. The average Bonchev–Trinajstić information content (AvgIpc) is 2.56. The second kappa shape index (κ2) is 8.44. The Bertz CT molecular complexity index is 659. The molecule has 0 saturated heterocycles. The van der Waals surface area contributed by atoms with E-state index in [9.17, 15) is 4.79 Å². The van der Waals surface area contributed by atoms with Crippen molar-refractivity contribution in [3.05, 3.63) is 53.1 Å². The number of nitrogens with one attached hydrogen (secondary N) is 1. The molecule has 1 N–H and O–H groups in total. The zero-order valence-electron chi connectivity index (χ0n) is 13.3. The molecule has 0 saturated carbocycles. The SMILES string of the molecule is COc1cc(OC)c(NC(=O)CCCc2ccccc2)cc1Cl. The summed E-state index contributed by atoms with van der Waals surface area (Å²) in [5, 5.41) is 3.26. The molecule has 2 aromatic rings. The number of benzene rings is 2. The molecule has 0 aliphatic heterocycles. The molecule has 0 aliphatic carbocycles. The maximum absolute atomic E-state index is 12.1. The third-order valence-electron chi connectivity index (χ3n) is 3.46. The third kappa shape index (κ3) is 4.89. The van der Waals surface area contributed by atoms with Gasteiger partial charge in [0.05, 0.1) is 24.9 Å². The second-order valence-electron chi connectivity index (χ2n) is 5.07. The van der Waals surface area contributed by atoms with Gasteiger partial charge in [0.25, 0.3) is 0 Å². The van der Waals surface area contributed by atoms with E-state index in [2.05, 4.69) is 17.4 Å². The Morgan fingerprint density at radius 2 is 1.78 bits per heavy atom. The van der Waals surface area contributed by atoms with E-state index in [1.165, 1.54) is 19.8 Å². The van der Waals surface area contributed by atoms with E-state index in [-0.39, 0.29) is 5.91 Å². The van der Waals surface area contributed by atoms with Crippen molar-refractivity contribution >= 4 is 23.2 Å². The van der Waals surface area contributed by atoms with Gasteiger partial charge in [0.2, 0.25) is 5.91 Å². The maximum atomic E-state index is 12.1. The van der Waals surface area contributed by atoms with E-state index >= 15 is 0 Å². The first-order valence-corrected chi connectivity index (χ1v) is 7.77. The van der Waals surface area contributed by atoms with Gasteiger partial charge in [0.15, 0.2) is 0 Å². The quantitative estimate of drug-likeness (QED) is 0.821. The first kappa shape index (κ1) is 17.2. The van der Waals surface area contributed by atoms with Gasteiger partial charge in [-0.2, -0.15) is 0 Å². The lowest BCUT2D eigenvalue weighted by Gasteiger charge is -2.13. The molecule has 0 unspecified atom stereocenters. The Hall–Kier alpha value is -2.20. The summed E-state index contributed by atoms with van der Waals surface area (Å²) >= 11 is 6.09. The van der Waals surface area contributed by atoms with Crippen LogP contribution in [0.25, 0.3) is 0 Å². The molecule has 0 atom stereocenters. The van der Waals surface area contributed by atoms with Crippen LogP contribution in [0.2, 0.25) is 5.02 Å². The van der Waals surface area contributed by atoms with Crippen molar-refractivity contribution in [2.75, 3.05) is 19.5 Å². The molecule has 0 heterocycles. The number of anilines is 1. The van der Waals surface area contributed by atoms with Crippen LogP contribution in [0.5, 0.6) is 11.5 Å². The molecule has 0 aliphatic rings. The van der Waals surface area contributed by atoms with Crippen LogP contribution in [0.15, 0.2) is 42.5 Å². The molecular formula is C18H20ClNO3. The minimum Gasteiger partial charge on any atom is -0.495 e. The van der Waals surface area contributed by atoms with Crippen LogP contribution >= 0.6 is 11.6 Å². The largest absolute Gasteiger partial charge is 0.495 e. The summed E-state index contributed by atoms with van der Waals surface area (Å²) in [6.07, 6.45) is 2.08. The van der Waals surface area contributed by atoms with Gasteiger partial charge in [-0.1, -0.05) is 41.9 Å². The van der Waals surface area contributed by atoms with Crippen molar-refractivity contribution in [3.63, 3.8) is 0 Å². The highest BCUT2D eigenvalue weighted by Crippen LogP contribution is 2.35. The molecule has 0 bridgehead atoms. The third-order valence-corrected chi connectivity index (χ3v) is 3.76. The molecule has 0 fully saturated rings. The van der Waals surface area contributed by atoms with Crippen LogP contribution in [0, 0.1) is 0 Å². The van der Waals surface area contributed by atoms with E-state index in [0.717, 1.165) is 12.8 Å². The Balaban J connectivity index is 1.93. The molecule has 23 heavy (non-hydrogen) atoms. The van der Waals surface area contributed by atoms with Crippen molar-refractivity contribution in [1.29, 1.82) is 0 Å². The van der Waals surface area contributed by atoms with Gasteiger partial charge in [-0.25, -0.2) is 0 Å². The number of methoxy groups -OCH3 is 2. The molecule has 0 aromatic heterocycles. The van der Waals surface area contributed by atoms with Gasteiger partial charge in [-0.3, -0.25) is 4.79 Å². The molecule has 2 aromatic carbocycles. The van der Waals surface area contributed by atoms with Gasteiger partial charge < -0.3 is 14.8 Å². The Kier molecular flexibility index (Phi) is 6.29. The number of ether oxygens (including phenoxy) is 2. The predicted octanol–water partition coefficient (Wildman–Crippen LogP) is 4.32. The fourth-order valence-corrected chi connectivity index (χ4v) is 2.51. The molecular weight excluding hydrogens is 314 g/mol. The predicted molar refractivity (Wildman–Crippen MR) is 92.6 cm³/mol. The van der Waals surface area contributed by atoms with E-state index in [4.69, 9.17) is 21.1 Å². The molecule has 0 radical (unpaired) electrons. The highest BCUT2D eigenvalue weighted by molar-refractivity contribution is 6.32. The van der Waals surface area contributed by atoms with Crippen LogP contribution in [-0.2, 0) is 11.2 Å². The number of halogens is 1. The zero-order valence-corrected chi connectivity index (χ0v) is 14.0. The standard InChI is InChI=1S/C18H20ClNO3/c1-22-16-12-17(23-2)15(11-14(16)19)20-18(21)10-6-9-13-7-4-3-5-8-13/h3-5,7-8,11-12H,6,9-10H2,1-2H3,(H,20,21). The topological polar surface area (TPSA) is 47.6 Å². The average molecular weight is 334 g/mol. The summed E-state index contributed by atoms with van der Waals surface area (Å²) in [5.41, 5.74) is 1.77. The number of amides is 1. The number of aryl methyl sites for hydroxylation is 1. The van der Waals surface area contributed by atoms with Crippen LogP contribution in [0.3, 0.4) is 0 Å². The van der Waals surface area contributed by atoms with Crippen LogP contribution in [0.1, 0.15) is 18.4 Å². The summed E-state index contributed by atoms with van der Waals surface area (Å²) in [6.45, 7) is 0. The summed E-state index contributed by atoms with van der Waals surface area (Å²) in [6, 6.07) is 13.4. The van der Waals surface area contributed by atoms with Crippen LogP contribution in [-0.4, -0.2) is 20.1 Å². The number of carbonyl (C=O) groups excluding carboxylic acids is 1. The van der Waals surface area contributed by atoms with E-state index < -0.39 is 0 Å². The number of hydrogen-bond donors (Lipinski definition) is 1. The molecule has 0 spiro atoms. The normalized spacial score (nSPS) is 10.2. The molecule has 122 valence electrons. The van der Waals surface area contributed by atoms with Gasteiger partial charge in [0.1, 0.15) is 11.5 Å². The van der Waals surface area contributed by atoms with Gasteiger partial charge in [0, 0.05) is 12.5 Å². The van der Waals surface area contributed by atoms with Crippen LogP contribution in [0.4, 0.5) is 5.69 Å². The van der Waals surface area contributed by atoms with E-state index in [0.29, 0.717) is 28.6 Å². The highest BCUT2D eigenvalue weighted by atomic mass is 35.5. The van der Waals surface area contributed by atoms with Gasteiger partial charge in [-0.15, -0.1) is 0 Å². The van der Waals surface area contributed by atoms with Crippen molar-refractivity contribution in [2.45, 2.75) is 19.3 Å². The second-order valence-corrected chi connectivity index (χ2v) is 5.48. The van der Waals surface area contributed by atoms with Gasteiger partial charge in [-0.05, 0) is 24.5 Å². The molecule has 2 rings (SSSR count). The monoisotopic (exact) mass is 333 g/mol. The molecule has 5 heteroatoms. The van der Waals surface area contributed by atoms with Crippen molar-refractivity contribution in [3.8, 4) is 11.5 Å². The highest BCUT2D eigenvalue weighted by Gasteiger charge is 2.12. The summed E-state index contributed by atoms with van der Waals surface area (Å²) in [5.74, 6) is 0.953. The molecule has 4 nitrogen and oxygen atoms in total. The Labute approximate surface area is 141 Å². The lowest BCUT2D eigenvalue weighted by atomic mass is 10.1. The fourth-order valence-electron chi connectivity index (χ4n) is 2.27. The summed E-state index contributed by atoms with van der Waals surface area (Å²) < 4.78 is 10.4. The van der Waals surface area contributed by atoms with E-state index in [1.807, 2.05) is 18.2 Å². The van der Waals surface area contributed by atoms with Crippen molar-refractivity contribution in [1.82, 2.24) is 0 Å². The minimum absolute atomic E-state index is 0.0690. The molecule has 1 amide bonds. The van der Waals surface area contributed by atoms with E-state index in [1.54, 1.807) is 12.1 Å². The summed E-state index contributed by atoms with van der Waals surface area (Å²) in [7, 11) is 3.07. The smallest absolute Gasteiger partial charge is 0.224 e. The number of carbonyl (C=O) groups is 1. The lowest BCUT2D eigenvalue weighted by Crippen LogP contribution is -2.12. The maximum Gasteiger partial charge on any atom is 0.224 e. The number of hydrogen-bond acceptors (Lipinski definition) is 3. The number of rotatable bonds is 7.